The number of halogens is 2. The Morgan fingerprint density at radius 1 is 1.28 bits per heavy atom. The van der Waals surface area contributed by atoms with Crippen LogP contribution in [0.25, 0.3) is 0 Å². The molecule has 4 nitrogen and oxygen atoms in total. The van der Waals surface area contributed by atoms with Gasteiger partial charge in [-0.25, -0.2) is 13.8 Å². The predicted octanol–water partition coefficient (Wildman–Crippen LogP) is 3.55. The van der Waals surface area contributed by atoms with E-state index in [9.17, 15) is 13.6 Å². The van der Waals surface area contributed by atoms with Crippen LogP contribution < -0.4 is 0 Å². The standard InChI is InChI=1S/C19H21F2N3O/c1-13-10-23-18(11-22-13)19(25)24-8-2-3-14(12-24)4-5-15-6-7-16(20)9-17(15)21/h6-7,9-11,14H,2-5,8,12H2,1H3/t14-/m1/s1. The van der Waals surface area contributed by atoms with E-state index < -0.39 is 11.6 Å². The Labute approximate surface area is 145 Å². The van der Waals surface area contributed by atoms with Gasteiger partial charge in [0, 0.05) is 25.4 Å². The second-order valence-electron chi connectivity index (χ2n) is 6.58. The van der Waals surface area contributed by atoms with Crippen LogP contribution in [0.1, 0.15) is 41.0 Å². The van der Waals surface area contributed by atoms with Gasteiger partial charge in [-0.15, -0.1) is 0 Å². The Bertz CT molecular complexity index is 749. The lowest BCUT2D eigenvalue weighted by molar-refractivity contribution is 0.0661. The molecule has 1 aromatic heterocycles. The van der Waals surface area contributed by atoms with E-state index in [4.69, 9.17) is 0 Å². The first kappa shape index (κ1) is 17.5. The van der Waals surface area contributed by atoms with Crippen molar-refractivity contribution >= 4 is 5.91 Å². The van der Waals surface area contributed by atoms with Gasteiger partial charge in [0.05, 0.1) is 11.9 Å². The van der Waals surface area contributed by atoms with Crippen LogP contribution in [-0.4, -0.2) is 33.9 Å². The summed E-state index contributed by atoms with van der Waals surface area (Å²) < 4.78 is 26.7. The molecule has 0 unspecified atom stereocenters. The third-order valence-corrected chi connectivity index (χ3v) is 4.64. The summed E-state index contributed by atoms with van der Waals surface area (Å²) in [6.45, 7) is 3.17. The first-order valence-electron chi connectivity index (χ1n) is 8.55. The lowest BCUT2D eigenvalue weighted by Crippen LogP contribution is -2.40. The topological polar surface area (TPSA) is 46.1 Å². The minimum atomic E-state index is -0.560. The number of carbonyl (C=O) groups is 1. The molecular formula is C19H21F2N3O. The molecule has 132 valence electrons. The smallest absolute Gasteiger partial charge is 0.274 e. The summed E-state index contributed by atoms with van der Waals surface area (Å²) in [5.74, 6) is -0.862. The van der Waals surface area contributed by atoms with Gasteiger partial charge in [-0.2, -0.15) is 0 Å². The maximum Gasteiger partial charge on any atom is 0.274 e. The van der Waals surface area contributed by atoms with Crippen molar-refractivity contribution in [2.24, 2.45) is 5.92 Å². The minimum Gasteiger partial charge on any atom is -0.337 e. The van der Waals surface area contributed by atoms with Crippen LogP contribution >= 0.6 is 0 Å². The van der Waals surface area contributed by atoms with E-state index in [0.29, 0.717) is 36.7 Å². The van der Waals surface area contributed by atoms with Crippen molar-refractivity contribution < 1.29 is 13.6 Å². The molecule has 0 radical (unpaired) electrons. The second kappa shape index (κ2) is 7.68. The molecule has 1 fully saturated rings. The zero-order chi connectivity index (χ0) is 17.8. The number of amides is 1. The molecule has 1 aliphatic rings. The molecule has 2 aromatic rings. The van der Waals surface area contributed by atoms with Gasteiger partial charge < -0.3 is 4.90 Å². The lowest BCUT2D eigenvalue weighted by atomic mass is 9.91. The average Bonchev–Trinajstić information content (AvgIpc) is 2.61. The molecule has 0 saturated carbocycles. The molecule has 0 bridgehead atoms. The van der Waals surface area contributed by atoms with Gasteiger partial charge in [-0.1, -0.05) is 6.07 Å². The molecule has 25 heavy (non-hydrogen) atoms. The van der Waals surface area contributed by atoms with Crippen molar-refractivity contribution in [2.75, 3.05) is 13.1 Å². The van der Waals surface area contributed by atoms with Gasteiger partial charge in [0.15, 0.2) is 0 Å². The molecule has 1 saturated heterocycles. The molecule has 1 amide bonds. The van der Waals surface area contributed by atoms with E-state index in [1.165, 1.54) is 18.3 Å². The molecule has 3 rings (SSSR count). The van der Waals surface area contributed by atoms with E-state index in [0.717, 1.165) is 31.0 Å². The third-order valence-electron chi connectivity index (χ3n) is 4.64. The fourth-order valence-electron chi connectivity index (χ4n) is 3.23. The molecule has 0 spiro atoms. The van der Waals surface area contributed by atoms with Crippen LogP contribution in [0.4, 0.5) is 8.78 Å². The van der Waals surface area contributed by atoms with Crippen molar-refractivity contribution in [3.8, 4) is 0 Å². The maximum absolute atomic E-state index is 13.7. The number of hydrogen-bond donors (Lipinski definition) is 0. The highest BCUT2D eigenvalue weighted by molar-refractivity contribution is 5.92. The Balaban J connectivity index is 1.59. The first-order valence-corrected chi connectivity index (χ1v) is 8.55. The highest BCUT2D eigenvalue weighted by Crippen LogP contribution is 2.23. The predicted molar refractivity (Wildman–Crippen MR) is 90.1 cm³/mol. The summed E-state index contributed by atoms with van der Waals surface area (Å²) in [4.78, 5) is 22.6. The molecular weight excluding hydrogens is 324 g/mol. The fourth-order valence-corrected chi connectivity index (χ4v) is 3.23. The quantitative estimate of drug-likeness (QED) is 0.851. The molecule has 6 heteroatoms. The lowest BCUT2D eigenvalue weighted by Gasteiger charge is -2.32. The number of carbonyl (C=O) groups excluding carboxylic acids is 1. The summed E-state index contributed by atoms with van der Waals surface area (Å²) in [6.07, 6.45) is 6.34. The Hall–Kier alpha value is -2.37. The largest absolute Gasteiger partial charge is 0.337 e. The van der Waals surface area contributed by atoms with Gasteiger partial charge in [0.1, 0.15) is 17.3 Å². The SMILES string of the molecule is Cc1cnc(C(=O)N2CCC[C@H](CCc3ccc(F)cc3F)C2)cn1. The van der Waals surface area contributed by atoms with Gasteiger partial charge in [-0.05, 0) is 50.2 Å². The number of piperidine rings is 1. The highest BCUT2D eigenvalue weighted by Gasteiger charge is 2.25. The van der Waals surface area contributed by atoms with E-state index in [-0.39, 0.29) is 5.91 Å². The van der Waals surface area contributed by atoms with Crippen LogP contribution in [0.2, 0.25) is 0 Å². The summed E-state index contributed by atoms with van der Waals surface area (Å²) in [5.41, 5.74) is 1.65. The molecule has 2 heterocycles. The zero-order valence-corrected chi connectivity index (χ0v) is 14.2. The number of aromatic nitrogens is 2. The normalized spacial score (nSPS) is 17.6. The highest BCUT2D eigenvalue weighted by atomic mass is 19.1. The second-order valence-corrected chi connectivity index (χ2v) is 6.58. The first-order chi connectivity index (χ1) is 12.0. The fraction of sp³-hybridized carbons (Fsp3) is 0.421. The third kappa shape index (κ3) is 4.38. The molecule has 0 aliphatic carbocycles. The Morgan fingerprint density at radius 2 is 2.12 bits per heavy atom. The van der Waals surface area contributed by atoms with Gasteiger partial charge in [0.2, 0.25) is 0 Å². The summed E-state index contributed by atoms with van der Waals surface area (Å²) in [5, 5.41) is 0. The van der Waals surface area contributed by atoms with Crippen molar-refractivity contribution in [1.82, 2.24) is 14.9 Å². The van der Waals surface area contributed by atoms with Gasteiger partial charge >= 0.3 is 0 Å². The number of rotatable bonds is 4. The molecule has 1 aromatic carbocycles. The number of aryl methyl sites for hydroxylation is 2. The van der Waals surface area contributed by atoms with Crippen molar-refractivity contribution in [2.45, 2.75) is 32.6 Å². The van der Waals surface area contributed by atoms with Crippen LogP contribution in [0, 0.1) is 24.5 Å². The van der Waals surface area contributed by atoms with Crippen molar-refractivity contribution in [1.29, 1.82) is 0 Å². The number of hydrogen-bond acceptors (Lipinski definition) is 3. The average molecular weight is 345 g/mol. The summed E-state index contributed by atoms with van der Waals surface area (Å²) >= 11 is 0. The van der Waals surface area contributed by atoms with E-state index in [2.05, 4.69) is 9.97 Å². The molecule has 0 N–H and O–H groups in total. The van der Waals surface area contributed by atoms with Crippen LogP contribution in [0.5, 0.6) is 0 Å². The molecule has 1 aliphatic heterocycles. The van der Waals surface area contributed by atoms with E-state index >= 15 is 0 Å². The van der Waals surface area contributed by atoms with E-state index in [1.807, 2.05) is 6.92 Å². The van der Waals surface area contributed by atoms with Crippen molar-refractivity contribution in [3.05, 3.63) is 59.2 Å². The maximum atomic E-state index is 13.7. The minimum absolute atomic E-state index is 0.106. The monoisotopic (exact) mass is 345 g/mol. The number of likely N-dealkylation sites (tertiary alicyclic amines) is 1. The van der Waals surface area contributed by atoms with Gasteiger partial charge in [0.25, 0.3) is 5.91 Å². The van der Waals surface area contributed by atoms with Crippen LogP contribution in [0.3, 0.4) is 0 Å². The Morgan fingerprint density at radius 3 is 2.84 bits per heavy atom. The van der Waals surface area contributed by atoms with E-state index in [1.54, 1.807) is 11.1 Å². The summed E-state index contributed by atoms with van der Waals surface area (Å²) in [7, 11) is 0. The van der Waals surface area contributed by atoms with Crippen molar-refractivity contribution in [3.63, 3.8) is 0 Å². The van der Waals surface area contributed by atoms with Crippen LogP contribution in [-0.2, 0) is 6.42 Å². The molecule has 1 atom stereocenters. The number of nitrogens with zero attached hydrogens (tertiary/aromatic N) is 3. The van der Waals surface area contributed by atoms with Crippen LogP contribution in [0.15, 0.2) is 30.6 Å². The van der Waals surface area contributed by atoms with Gasteiger partial charge in [-0.3, -0.25) is 9.78 Å². The zero-order valence-electron chi connectivity index (χ0n) is 14.2. The Kier molecular flexibility index (Phi) is 5.36. The number of benzene rings is 1. The summed E-state index contributed by atoms with van der Waals surface area (Å²) in [6, 6.07) is 3.70.